The van der Waals surface area contributed by atoms with Crippen LogP contribution in [0.2, 0.25) is 0 Å². The highest BCUT2D eigenvalue weighted by atomic mass is 79.9. The Morgan fingerprint density at radius 3 is 2.62 bits per heavy atom. The zero-order valence-electron chi connectivity index (χ0n) is 8.14. The fourth-order valence-electron chi connectivity index (χ4n) is 1.28. The molecular weight excluding hydrogens is 232 g/mol. The second kappa shape index (κ2) is 7.77. The molecule has 3 heteroatoms. The van der Waals surface area contributed by atoms with Crippen LogP contribution in [0.15, 0.2) is 0 Å². The first kappa shape index (κ1) is 11.5. The predicted octanol–water partition coefficient (Wildman–Crippen LogP) is 2.75. The lowest BCUT2D eigenvalue weighted by atomic mass is 10.2. The van der Waals surface area contributed by atoms with Gasteiger partial charge in [0.1, 0.15) is 0 Å². The SMILES string of the molecule is BrCCCCCCOCC1CCO1. The second-order valence-corrected chi connectivity index (χ2v) is 4.25. The maximum absolute atomic E-state index is 5.48. The van der Waals surface area contributed by atoms with Gasteiger partial charge in [0.25, 0.3) is 0 Å². The fourth-order valence-corrected chi connectivity index (χ4v) is 1.68. The van der Waals surface area contributed by atoms with Gasteiger partial charge < -0.3 is 9.47 Å². The minimum absolute atomic E-state index is 0.405. The molecule has 1 aliphatic rings. The van der Waals surface area contributed by atoms with Crippen molar-refractivity contribution in [3.63, 3.8) is 0 Å². The Kier molecular flexibility index (Phi) is 6.86. The van der Waals surface area contributed by atoms with Crippen LogP contribution in [0, 0.1) is 0 Å². The van der Waals surface area contributed by atoms with Gasteiger partial charge in [-0.15, -0.1) is 0 Å². The van der Waals surface area contributed by atoms with Gasteiger partial charge in [-0.05, 0) is 19.3 Å². The number of hydrogen-bond acceptors (Lipinski definition) is 2. The molecule has 0 saturated carbocycles. The number of halogens is 1. The first-order valence-electron chi connectivity index (χ1n) is 5.19. The van der Waals surface area contributed by atoms with Gasteiger partial charge in [0.2, 0.25) is 0 Å². The minimum atomic E-state index is 0.405. The summed E-state index contributed by atoms with van der Waals surface area (Å²) < 4.78 is 10.7. The molecule has 2 nitrogen and oxygen atoms in total. The largest absolute Gasteiger partial charge is 0.379 e. The van der Waals surface area contributed by atoms with Gasteiger partial charge >= 0.3 is 0 Å². The lowest BCUT2D eigenvalue weighted by molar-refractivity contribution is -0.0939. The highest BCUT2D eigenvalue weighted by Gasteiger charge is 2.17. The van der Waals surface area contributed by atoms with E-state index in [0.717, 1.165) is 25.2 Å². The summed E-state index contributed by atoms with van der Waals surface area (Å²) in [6.45, 7) is 2.64. The van der Waals surface area contributed by atoms with Crippen LogP contribution in [0.1, 0.15) is 32.1 Å². The van der Waals surface area contributed by atoms with Gasteiger partial charge in [0.15, 0.2) is 0 Å². The number of rotatable bonds is 8. The van der Waals surface area contributed by atoms with E-state index in [1.165, 1.54) is 32.1 Å². The molecule has 0 amide bonds. The molecule has 1 heterocycles. The standard InChI is InChI=1S/C10H19BrO2/c11-6-3-1-2-4-7-12-9-10-5-8-13-10/h10H,1-9H2. The van der Waals surface area contributed by atoms with Crippen molar-refractivity contribution in [2.75, 3.05) is 25.2 Å². The van der Waals surface area contributed by atoms with E-state index in [0.29, 0.717) is 6.10 Å². The molecule has 0 aromatic heterocycles. The Morgan fingerprint density at radius 1 is 1.23 bits per heavy atom. The Labute approximate surface area is 89.1 Å². The summed E-state index contributed by atoms with van der Waals surface area (Å²) in [5.41, 5.74) is 0. The summed E-state index contributed by atoms with van der Waals surface area (Å²) in [6, 6.07) is 0. The third-order valence-electron chi connectivity index (χ3n) is 2.27. The molecule has 0 N–H and O–H groups in total. The van der Waals surface area contributed by atoms with Crippen LogP contribution in [0.4, 0.5) is 0 Å². The van der Waals surface area contributed by atoms with Gasteiger partial charge in [0.05, 0.1) is 12.7 Å². The second-order valence-electron chi connectivity index (χ2n) is 3.46. The van der Waals surface area contributed by atoms with Gasteiger partial charge in [-0.25, -0.2) is 0 Å². The van der Waals surface area contributed by atoms with Crippen molar-refractivity contribution in [3.8, 4) is 0 Å². The maximum Gasteiger partial charge on any atom is 0.0830 e. The normalized spacial score (nSPS) is 21.5. The molecule has 1 unspecified atom stereocenters. The molecule has 1 atom stereocenters. The monoisotopic (exact) mass is 250 g/mol. The molecule has 1 fully saturated rings. The Morgan fingerprint density at radius 2 is 2.00 bits per heavy atom. The Bertz CT molecular complexity index is 115. The van der Waals surface area contributed by atoms with Crippen molar-refractivity contribution in [3.05, 3.63) is 0 Å². The topological polar surface area (TPSA) is 18.5 Å². The van der Waals surface area contributed by atoms with E-state index in [2.05, 4.69) is 15.9 Å². The third kappa shape index (κ3) is 5.66. The molecule has 0 radical (unpaired) electrons. The molecule has 0 aliphatic carbocycles. The Balaban J connectivity index is 1.68. The number of unbranched alkanes of at least 4 members (excludes halogenated alkanes) is 3. The summed E-state index contributed by atoms with van der Waals surface area (Å²) in [5.74, 6) is 0. The molecule has 1 rings (SSSR count). The lowest BCUT2D eigenvalue weighted by Crippen LogP contribution is -2.31. The molecular formula is C10H19BrO2. The summed E-state index contributed by atoms with van der Waals surface area (Å²) in [5, 5.41) is 1.13. The van der Waals surface area contributed by atoms with Crippen molar-refractivity contribution in [1.82, 2.24) is 0 Å². The van der Waals surface area contributed by atoms with Crippen molar-refractivity contribution < 1.29 is 9.47 Å². The van der Waals surface area contributed by atoms with Crippen LogP contribution in [-0.2, 0) is 9.47 Å². The van der Waals surface area contributed by atoms with E-state index in [1.54, 1.807) is 0 Å². The molecule has 0 aromatic rings. The van der Waals surface area contributed by atoms with E-state index in [9.17, 15) is 0 Å². The van der Waals surface area contributed by atoms with E-state index in [-0.39, 0.29) is 0 Å². The molecule has 13 heavy (non-hydrogen) atoms. The first-order valence-corrected chi connectivity index (χ1v) is 6.31. The average Bonchev–Trinajstić information content (AvgIpc) is 2.07. The van der Waals surface area contributed by atoms with Gasteiger partial charge in [0, 0.05) is 18.5 Å². The number of ether oxygens (including phenoxy) is 2. The lowest BCUT2D eigenvalue weighted by Gasteiger charge is -2.25. The summed E-state index contributed by atoms with van der Waals surface area (Å²) >= 11 is 3.42. The van der Waals surface area contributed by atoms with Gasteiger partial charge in [-0.3, -0.25) is 0 Å². The molecule has 1 saturated heterocycles. The zero-order chi connectivity index (χ0) is 9.36. The van der Waals surface area contributed by atoms with Crippen molar-refractivity contribution in [1.29, 1.82) is 0 Å². The summed E-state index contributed by atoms with van der Waals surface area (Å²) in [4.78, 5) is 0. The van der Waals surface area contributed by atoms with E-state index >= 15 is 0 Å². The van der Waals surface area contributed by atoms with Crippen molar-refractivity contribution in [2.24, 2.45) is 0 Å². The number of hydrogen-bond donors (Lipinski definition) is 0. The van der Waals surface area contributed by atoms with Crippen molar-refractivity contribution >= 4 is 15.9 Å². The quantitative estimate of drug-likeness (QED) is 0.488. The van der Waals surface area contributed by atoms with Gasteiger partial charge in [-0.1, -0.05) is 28.8 Å². The van der Waals surface area contributed by atoms with Crippen LogP contribution < -0.4 is 0 Å². The van der Waals surface area contributed by atoms with Crippen LogP contribution in [0.3, 0.4) is 0 Å². The smallest absolute Gasteiger partial charge is 0.0830 e. The van der Waals surface area contributed by atoms with E-state index < -0.39 is 0 Å². The highest BCUT2D eigenvalue weighted by molar-refractivity contribution is 9.09. The van der Waals surface area contributed by atoms with Crippen molar-refractivity contribution in [2.45, 2.75) is 38.2 Å². The molecule has 0 aromatic carbocycles. The van der Waals surface area contributed by atoms with E-state index in [4.69, 9.17) is 9.47 Å². The molecule has 0 bridgehead atoms. The fraction of sp³-hybridized carbons (Fsp3) is 1.00. The predicted molar refractivity (Wildman–Crippen MR) is 57.4 cm³/mol. The zero-order valence-corrected chi connectivity index (χ0v) is 9.72. The molecule has 1 aliphatic heterocycles. The van der Waals surface area contributed by atoms with Crippen LogP contribution in [-0.4, -0.2) is 31.3 Å². The van der Waals surface area contributed by atoms with Crippen LogP contribution in [0.25, 0.3) is 0 Å². The molecule has 0 spiro atoms. The minimum Gasteiger partial charge on any atom is -0.379 e. The Hall–Kier alpha value is 0.400. The van der Waals surface area contributed by atoms with Crippen LogP contribution >= 0.6 is 15.9 Å². The maximum atomic E-state index is 5.48. The molecule has 78 valence electrons. The third-order valence-corrected chi connectivity index (χ3v) is 2.83. The highest BCUT2D eigenvalue weighted by Crippen LogP contribution is 2.11. The summed E-state index contributed by atoms with van der Waals surface area (Å²) in [7, 11) is 0. The average molecular weight is 251 g/mol. The van der Waals surface area contributed by atoms with E-state index in [1.807, 2.05) is 0 Å². The van der Waals surface area contributed by atoms with Gasteiger partial charge in [-0.2, -0.15) is 0 Å². The van der Waals surface area contributed by atoms with Crippen LogP contribution in [0.5, 0.6) is 0 Å². The number of alkyl halides is 1. The first-order chi connectivity index (χ1) is 6.43. The summed E-state index contributed by atoms with van der Waals surface area (Å²) in [6.07, 6.45) is 6.67.